The number of benzene rings is 1. The van der Waals surface area contributed by atoms with Crippen LogP contribution in [-0.4, -0.2) is 12.6 Å². The number of hydrogen-bond donors (Lipinski definition) is 2. The molecule has 1 aliphatic carbocycles. The Hall–Kier alpha value is -1.51. The van der Waals surface area contributed by atoms with Gasteiger partial charge in [-0.05, 0) is 43.2 Å². The number of aryl methyl sites for hydroxylation is 1. The van der Waals surface area contributed by atoms with E-state index in [1.807, 2.05) is 6.92 Å². The lowest BCUT2D eigenvalue weighted by atomic mass is 10.1. The highest BCUT2D eigenvalue weighted by molar-refractivity contribution is 5.74. The van der Waals surface area contributed by atoms with Gasteiger partial charge >= 0.3 is 6.03 Å². The van der Waals surface area contributed by atoms with E-state index < -0.39 is 0 Å². The smallest absolute Gasteiger partial charge is 0.315 e. The van der Waals surface area contributed by atoms with Crippen LogP contribution in [0.15, 0.2) is 24.3 Å². The van der Waals surface area contributed by atoms with E-state index in [-0.39, 0.29) is 12.1 Å². The van der Waals surface area contributed by atoms with E-state index in [4.69, 9.17) is 0 Å². The van der Waals surface area contributed by atoms with Crippen molar-refractivity contribution >= 4 is 6.03 Å². The van der Waals surface area contributed by atoms with Crippen LogP contribution in [0, 0.1) is 5.92 Å². The third kappa shape index (κ3) is 4.26. The minimum Gasteiger partial charge on any atom is -0.338 e. The number of carbonyl (C=O) groups is 1. The Morgan fingerprint density at radius 2 is 1.90 bits per heavy atom. The van der Waals surface area contributed by atoms with Gasteiger partial charge in [0.25, 0.3) is 0 Å². The summed E-state index contributed by atoms with van der Waals surface area (Å²) in [6.07, 6.45) is 6.19. The minimum atomic E-state index is -0.0519. The van der Waals surface area contributed by atoms with Crippen LogP contribution in [0.5, 0.6) is 0 Å². The summed E-state index contributed by atoms with van der Waals surface area (Å²) in [6, 6.07) is 8.45. The molecule has 3 heteroatoms. The molecular weight excluding hydrogens is 248 g/mol. The zero-order valence-electron chi connectivity index (χ0n) is 12.6. The first-order chi connectivity index (χ1) is 9.69. The first kappa shape index (κ1) is 14.9. The molecule has 1 aliphatic rings. The fourth-order valence-electron chi connectivity index (χ4n) is 2.82. The fourth-order valence-corrected chi connectivity index (χ4v) is 2.82. The molecule has 1 fully saturated rings. The lowest BCUT2D eigenvalue weighted by Crippen LogP contribution is -2.39. The summed E-state index contributed by atoms with van der Waals surface area (Å²) in [4.78, 5) is 11.9. The molecule has 0 heterocycles. The summed E-state index contributed by atoms with van der Waals surface area (Å²) < 4.78 is 0. The largest absolute Gasteiger partial charge is 0.338 e. The third-order valence-electron chi connectivity index (χ3n) is 4.26. The third-order valence-corrected chi connectivity index (χ3v) is 4.26. The van der Waals surface area contributed by atoms with Crippen LogP contribution in [0.3, 0.4) is 0 Å². The second-order valence-electron chi connectivity index (χ2n) is 5.82. The predicted octanol–water partition coefficient (Wildman–Crippen LogP) is 3.80. The zero-order valence-corrected chi connectivity index (χ0v) is 12.6. The maximum absolute atomic E-state index is 11.9. The number of urea groups is 1. The summed E-state index contributed by atoms with van der Waals surface area (Å²) >= 11 is 0. The van der Waals surface area contributed by atoms with E-state index in [1.165, 1.54) is 31.2 Å². The molecule has 0 radical (unpaired) electrons. The maximum atomic E-state index is 11.9. The fraction of sp³-hybridized carbons (Fsp3) is 0.588. The first-order valence-electron chi connectivity index (χ1n) is 7.82. The minimum absolute atomic E-state index is 0.0458. The molecule has 1 unspecified atom stereocenters. The lowest BCUT2D eigenvalue weighted by molar-refractivity contribution is 0.236. The van der Waals surface area contributed by atoms with Crippen LogP contribution in [-0.2, 0) is 6.42 Å². The highest BCUT2D eigenvalue weighted by atomic mass is 16.2. The standard InChI is InChI=1S/C17H26N2O/c1-3-14-8-10-16(11-9-14)13(2)19-17(20)18-12-15-6-4-5-7-15/h8-11,13,15H,3-7,12H2,1-2H3,(H2,18,19,20). The zero-order chi connectivity index (χ0) is 14.4. The van der Waals surface area contributed by atoms with Crippen molar-refractivity contribution in [2.75, 3.05) is 6.54 Å². The Kier molecular flexibility index (Phi) is 5.45. The lowest BCUT2D eigenvalue weighted by Gasteiger charge is -2.17. The molecule has 0 spiro atoms. The summed E-state index contributed by atoms with van der Waals surface area (Å²) in [6.45, 7) is 4.98. The van der Waals surface area contributed by atoms with Crippen LogP contribution in [0.1, 0.15) is 56.7 Å². The van der Waals surface area contributed by atoms with Crippen LogP contribution < -0.4 is 10.6 Å². The normalized spacial score (nSPS) is 16.9. The molecule has 110 valence electrons. The number of hydrogen-bond acceptors (Lipinski definition) is 1. The second-order valence-corrected chi connectivity index (χ2v) is 5.82. The molecule has 1 aromatic rings. The molecule has 2 amide bonds. The van der Waals surface area contributed by atoms with Gasteiger partial charge in [0.15, 0.2) is 0 Å². The highest BCUT2D eigenvalue weighted by Crippen LogP contribution is 2.23. The number of amides is 2. The highest BCUT2D eigenvalue weighted by Gasteiger charge is 2.16. The van der Waals surface area contributed by atoms with Crippen LogP contribution in [0.4, 0.5) is 4.79 Å². The van der Waals surface area contributed by atoms with E-state index >= 15 is 0 Å². The van der Waals surface area contributed by atoms with E-state index in [1.54, 1.807) is 0 Å². The SMILES string of the molecule is CCc1ccc(C(C)NC(=O)NCC2CCCC2)cc1. The molecular formula is C17H26N2O. The molecule has 0 aliphatic heterocycles. The monoisotopic (exact) mass is 274 g/mol. The Morgan fingerprint density at radius 3 is 2.50 bits per heavy atom. The molecule has 0 bridgehead atoms. The topological polar surface area (TPSA) is 41.1 Å². The maximum Gasteiger partial charge on any atom is 0.315 e. The van der Waals surface area contributed by atoms with Crippen LogP contribution >= 0.6 is 0 Å². The van der Waals surface area contributed by atoms with Gasteiger partial charge < -0.3 is 10.6 Å². The van der Waals surface area contributed by atoms with Crippen LogP contribution in [0.25, 0.3) is 0 Å². The number of rotatable bonds is 5. The van der Waals surface area contributed by atoms with Gasteiger partial charge in [0, 0.05) is 6.54 Å². The summed E-state index contributed by atoms with van der Waals surface area (Å²) in [5.41, 5.74) is 2.48. The molecule has 3 nitrogen and oxygen atoms in total. The Morgan fingerprint density at radius 1 is 1.25 bits per heavy atom. The molecule has 2 N–H and O–H groups in total. The molecule has 1 atom stereocenters. The van der Waals surface area contributed by atoms with Gasteiger partial charge in [0.2, 0.25) is 0 Å². The van der Waals surface area contributed by atoms with E-state index in [0.29, 0.717) is 5.92 Å². The average molecular weight is 274 g/mol. The van der Waals surface area contributed by atoms with Crippen molar-refractivity contribution in [3.8, 4) is 0 Å². The predicted molar refractivity (Wildman–Crippen MR) is 82.7 cm³/mol. The first-order valence-corrected chi connectivity index (χ1v) is 7.82. The van der Waals surface area contributed by atoms with Crippen molar-refractivity contribution in [2.45, 2.75) is 52.0 Å². The number of nitrogens with one attached hydrogen (secondary N) is 2. The molecule has 0 aromatic heterocycles. The molecule has 2 rings (SSSR count). The molecule has 0 saturated heterocycles. The Labute approximate surface area is 122 Å². The van der Waals surface area contributed by atoms with Gasteiger partial charge in [-0.15, -0.1) is 0 Å². The van der Waals surface area contributed by atoms with Crippen molar-refractivity contribution in [1.29, 1.82) is 0 Å². The quantitative estimate of drug-likeness (QED) is 0.842. The second kappa shape index (κ2) is 7.32. The van der Waals surface area contributed by atoms with E-state index in [0.717, 1.165) is 18.5 Å². The van der Waals surface area contributed by atoms with Gasteiger partial charge in [-0.25, -0.2) is 4.79 Å². The Balaban J connectivity index is 1.77. The molecule has 20 heavy (non-hydrogen) atoms. The summed E-state index contributed by atoms with van der Waals surface area (Å²) in [5.74, 6) is 0.680. The summed E-state index contributed by atoms with van der Waals surface area (Å²) in [5, 5.41) is 6.01. The number of carbonyl (C=O) groups excluding carboxylic acids is 1. The van der Waals surface area contributed by atoms with Gasteiger partial charge in [0.05, 0.1) is 6.04 Å². The van der Waals surface area contributed by atoms with Crippen molar-refractivity contribution in [2.24, 2.45) is 5.92 Å². The van der Waals surface area contributed by atoms with Crippen molar-refractivity contribution in [1.82, 2.24) is 10.6 Å². The van der Waals surface area contributed by atoms with Gasteiger partial charge in [-0.3, -0.25) is 0 Å². The van der Waals surface area contributed by atoms with Crippen LogP contribution in [0.2, 0.25) is 0 Å². The van der Waals surface area contributed by atoms with Gasteiger partial charge in [-0.2, -0.15) is 0 Å². The molecule has 1 aromatic carbocycles. The average Bonchev–Trinajstić information content (AvgIpc) is 2.98. The van der Waals surface area contributed by atoms with Crippen molar-refractivity contribution < 1.29 is 4.79 Å². The Bertz CT molecular complexity index is 421. The van der Waals surface area contributed by atoms with Crippen molar-refractivity contribution in [3.05, 3.63) is 35.4 Å². The molecule has 1 saturated carbocycles. The van der Waals surface area contributed by atoms with Gasteiger partial charge in [-0.1, -0.05) is 44.0 Å². The van der Waals surface area contributed by atoms with Crippen molar-refractivity contribution in [3.63, 3.8) is 0 Å². The van der Waals surface area contributed by atoms with Gasteiger partial charge in [0.1, 0.15) is 0 Å². The summed E-state index contributed by atoms with van der Waals surface area (Å²) in [7, 11) is 0. The van der Waals surface area contributed by atoms with E-state index in [2.05, 4.69) is 41.8 Å². The van der Waals surface area contributed by atoms with E-state index in [9.17, 15) is 4.79 Å².